The molecule has 0 unspecified atom stereocenters. The second-order valence-electron chi connectivity index (χ2n) is 6.38. The molecule has 0 bridgehead atoms. The van der Waals surface area contributed by atoms with Crippen LogP contribution in [0.15, 0.2) is 44.9 Å². The number of unbranched alkanes of at least 4 members (excludes halogenated alkanes) is 4. The predicted octanol–water partition coefficient (Wildman–Crippen LogP) is 4.32. The van der Waals surface area contributed by atoms with E-state index < -0.39 is 5.63 Å². The summed E-state index contributed by atoms with van der Waals surface area (Å²) in [5.74, 6) is 0.155. The number of allylic oxidation sites excluding steroid dienone is 1. The summed E-state index contributed by atoms with van der Waals surface area (Å²) in [4.78, 5) is 12.6. The molecule has 25 heavy (non-hydrogen) atoms. The van der Waals surface area contributed by atoms with Crippen LogP contribution in [-0.2, 0) is 0 Å². The minimum Gasteiger partial charge on any atom is -0.439 e. The van der Waals surface area contributed by atoms with E-state index >= 15 is 0 Å². The van der Waals surface area contributed by atoms with Crippen LogP contribution < -0.4 is 16.1 Å². The van der Waals surface area contributed by atoms with Gasteiger partial charge in [0.1, 0.15) is 11.7 Å². The molecule has 3 rings (SSSR count). The summed E-state index contributed by atoms with van der Waals surface area (Å²) in [6.45, 7) is 2.17. The largest absolute Gasteiger partial charge is 0.439 e. The number of fused-ring (bicyclic) bond motifs is 3. The van der Waals surface area contributed by atoms with Crippen molar-refractivity contribution in [2.24, 2.45) is 5.73 Å². The summed E-state index contributed by atoms with van der Waals surface area (Å²) in [5, 5.41) is 10.2. The van der Waals surface area contributed by atoms with Crippen molar-refractivity contribution in [3.05, 3.63) is 51.7 Å². The number of benzene rings is 1. The summed E-state index contributed by atoms with van der Waals surface area (Å²) in [6.07, 6.45) is 6.20. The van der Waals surface area contributed by atoms with Gasteiger partial charge in [0.25, 0.3) is 0 Å². The van der Waals surface area contributed by atoms with Crippen molar-refractivity contribution >= 4 is 11.0 Å². The molecule has 0 saturated carbocycles. The highest BCUT2D eigenvalue weighted by Gasteiger charge is 2.33. The average molecular weight is 338 g/mol. The first-order valence-corrected chi connectivity index (χ1v) is 8.80. The van der Waals surface area contributed by atoms with Crippen molar-refractivity contribution < 1.29 is 9.15 Å². The molecule has 1 aromatic heterocycles. The monoisotopic (exact) mass is 338 g/mol. The zero-order valence-electron chi connectivity index (χ0n) is 14.4. The Hall–Kier alpha value is -2.74. The molecular formula is C20H22N2O3. The molecule has 5 nitrogen and oxygen atoms in total. The number of nitrogens with two attached hydrogens (primary N) is 1. The van der Waals surface area contributed by atoms with Gasteiger partial charge in [-0.25, -0.2) is 4.79 Å². The lowest BCUT2D eigenvalue weighted by molar-refractivity contribution is 0.376. The van der Waals surface area contributed by atoms with Crippen LogP contribution in [-0.4, -0.2) is 0 Å². The van der Waals surface area contributed by atoms with Crippen LogP contribution in [0.2, 0.25) is 0 Å². The summed E-state index contributed by atoms with van der Waals surface area (Å²) in [5.41, 5.74) is 6.74. The van der Waals surface area contributed by atoms with Crippen LogP contribution in [0.4, 0.5) is 0 Å². The molecule has 5 heteroatoms. The van der Waals surface area contributed by atoms with E-state index in [-0.39, 0.29) is 11.8 Å². The van der Waals surface area contributed by atoms with E-state index in [1.165, 1.54) is 12.8 Å². The summed E-state index contributed by atoms with van der Waals surface area (Å²) >= 11 is 0. The average Bonchev–Trinajstić information content (AvgIpc) is 2.61. The third-order valence-corrected chi connectivity index (χ3v) is 4.69. The van der Waals surface area contributed by atoms with Crippen LogP contribution in [0, 0.1) is 11.3 Å². The zero-order valence-corrected chi connectivity index (χ0v) is 14.4. The second-order valence-corrected chi connectivity index (χ2v) is 6.38. The van der Waals surface area contributed by atoms with Gasteiger partial charge in [0.2, 0.25) is 5.88 Å². The number of nitrogens with zero attached hydrogens (tertiary/aromatic N) is 1. The van der Waals surface area contributed by atoms with E-state index in [0.29, 0.717) is 34.3 Å². The van der Waals surface area contributed by atoms with Gasteiger partial charge < -0.3 is 14.9 Å². The van der Waals surface area contributed by atoms with Gasteiger partial charge in [-0.15, -0.1) is 0 Å². The van der Waals surface area contributed by atoms with Gasteiger partial charge in [-0.05, 0) is 18.6 Å². The normalized spacial score (nSPS) is 16.4. The van der Waals surface area contributed by atoms with Crippen LogP contribution in [0.3, 0.4) is 0 Å². The Kier molecular flexibility index (Phi) is 5.08. The van der Waals surface area contributed by atoms with E-state index in [1.807, 2.05) is 12.1 Å². The van der Waals surface area contributed by atoms with Gasteiger partial charge >= 0.3 is 5.63 Å². The first-order chi connectivity index (χ1) is 12.2. The lowest BCUT2D eigenvalue weighted by Gasteiger charge is -2.25. The lowest BCUT2D eigenvalue weighted by Crippen LogP contribution is -2.25. The Morgan fingerprint density at radius 1 is 1.20 bits per heavy atom. The molecule has 1 atom stereocenters. The number of hydrogen-bond acceptors (Lipinski definition) is 5. The molecule has 1 aliphatic rings. The topological polar surface area (TPSA) is 89.3 Å². The third-order valence-electron chi connectivity index (χ3n) is 4.69. The molecule has 0 radical (unpaired) electrons. The summed E-state index contributed by atoms with van der Waals surface area (Å²) < 4.78 is 11.1. The molecule has 2 aromatic rings. The maximum absolute atomic E-state index is 12.6. The van der Waals surface area contributed by atoms with Crippen molar-refractivity contribution in [1.82, 2.24) is 0 Å². The second kappa shape index (κ2) is 7.43. The van der Waals surface area contributed by atoms with Crippen LogP contribution in [0.25, 0.3) is 11.0 Å². The third kappa shape index (κ3) is 3.25. The van der Waals surface area contributed by atoms with Gasteiger partial charge in [0.15, 0.2) is 5.75 Å². The Morgan fingerprint density at radius 2 is 1.96 bits per heavy atom. The van der Waals surface area contributed by atoms with Gasteiger partial charge in [0, 0.05) is 5.92 Å². The quantitative estimate of drug-likeness (QED) is 0.625. The van der Waals surface area contributed by atoms with Gasteiger partial charge in [0.05, 0.1) is 16.5 Å². The number of ether oxygens (including phenoxy) is 1. The highest BCUT2D eigenvalue weighted by molar-refractivity contribution is 5.85. The lowest BCUT2D eigenvalue weighted by atomic mass is 9.85. The zero-order chi connectivity index (χ0) is 17.8. The fourth-order valence-electron chi connectivity index (χ4n) is 3.40. The molecule has 1 aliphatic heterocycles. The number of hydrogen-bond donors (Lipinski definition) is 1. The Morgan fingerprint density at radius 3 is 2.72 bits per heavy atom. The van der Waals surface area contributed by atoms with Crippen LogP contribution in [0.5, 0.6) is 5.75 Å². The van der Waals surface area contributed by atoms with E-state index in [4.69, 9.17) is 14.9 Å². The predicted molar refractivity (Wildman–Crippen MR) is 96.1 cm³/mol. The molecule has 2 N–H and O–H groups in total. The molecule has 0 saturated heterocycles. The van der Waals surface area contributed by atoms with Crippen molar-refractivity contribution in [3.8, 4) is 11.8 Å². The van der Waals surface area contributed by atoms with Crippen LogP contribution >= 0.6 is 0 Å². The van der Waals surface area contributed by atoms with E-state index in [1.54, 1.807) is 12.1 Å². The Balaban J connectivity index is 2.01. The first kappa shape index (κ1) is 17.1. The molecule has 0 spiro atoms. The standard InChI is InChI=1S/C20H22N2O3/c1-2-3-4-5-6-9-13-15(12-21)19(22)25-18-14-10-7-8-11-16(14)24-20(23)17(13)18/h7-8,10-11,13H,2-6,9,22H2,1H3/t13-/m1/s1. The maximum Gasteiger partial charge on any atom is 0.343 e. The first-order valence-electron chi connectivity index (χ1n) is 8.80. The minimum atomic E-state index is -0.451. The molecule has 1 aromatic carbocycles. The fraction of sp³-hybridized carbons (Fsp3) is 0.400. The molecular weight excluding hydrogens is 316 g/mol. The summed E-state index contributed by atoms with van der Waals surface area (Å²) in [7, 11) is 0. The molecule has 130 valence electrons. The Labute approximate surface area is 146 Å². The van der Waals surface area contributed by atoms with E-state index in [2.05, 4.69) is 13.0 Å². The van der Waals surface area contributed by atoms with Crippen molar-refractivity contribution in [1.29, 1.82) is 5.26 Å². The number of para-hydroxylation sites is 1. The SMILES string of the molecule is CCCCCCC[C@@H]1C(C#N)=C(N)Oc2c1c(=O)oc1ccccc21. The molecule has 0 amide bonds. The minimum absolute atomic E-state index is 0.0873. The smallest absolute Gasteiger partial charge is 0.343 e. The van der Waals surface area contributed by atoms with Gasteiger partial charge in [-0.1, -0.05) is 51.2 Å². The highest BCUT2D eigenvalue weighted by Crippen LogP contribution is 2.42. The van der Waals surface area contributed by atoms with Gasteiger partial charge in [-0.3, -0.25) is 0 Å². The van der Waals surface area contributed by atoms with E-state index in [0.717, 1.165) is 19.3 Å². The summed E-state index contributed by atoms with van der Waals surface area (Å²) in [6, 6.07) is 9.33. The highest BCUT2D eigenvalue weighted by atomic mass is 16.5. The fourth-order valence-corrected chi connectivity index (χ4v) is 3.40. The van der Waals surface area contributed by atoms with Crippen molar-refractivity contribution in [2.75, 3.05) is 0 Å². The van der Waals surface area contributed by atoms with Gasteiger partial charge in [-0.2, -0.15) is 5.26 Å². The Bertz CT molecular complexity index is 905. The maximum atomic E-state index is 12.6. The molecule has 0 aliphatic carbocycles. The number of nitriles is 1. The van der Waals surface area contributed by atoms with Crippen LogP contribution in [0.1, 0.15) is 56.9 Å². The number of rotatable bonds is 6. The molecule has 0 fully saturated rings. The van der Waals surface area contributed by atoms with Crippen molar-refractivity contribution in [2.45, 2.75) is 51.4 Å². The molecule has 2 heterocycles. The van der Waals surface area contributed by atoms with Crippen molar-refractivity contribution in [3.63, 3.8) is 0 Å². The van der Waals surface area contributed by atoms with E-state index in [9.17, 15) is 10.1 Å².